The SMILES string of the molecule is C1C[NH2+]CC[NH2+]1.C1C[NH2+]CC[NH2+]1.O=[P+]([O-])[O-].O=[P+]([O-])[O-].OO.OO. The second kappa shape index (κ2) is 34.1. The van der Waals surface area contributed by atoms with E-state index in [9.17, 15) is 0 Å². The topological polar surface area (TPSA) is 274 Å². The highest BCUT2D eigenvalue weighted by atomic mass is 31.1. The van der Waals surface area contributed by atoms with E-state index in [0.29, 0.717) is 0 Å². The lowest BCUT2D eigenvalue weighted by Crippen LogP contribution is -3.04. The van der Waals surface area contributed by atoms with Crippen molar-refractivity contribution in [2.24, 2.45) is 0 Å². The van der Waals surface area contributed by atoms with Gasteiger partial charge >= 0.3 is 0 Å². The predicted molar refractivity (Wildman–Crippen MR) is 72.4 cm³/mol. The van der Waals surface area contributed by atoms with Crippen LogP contribution in [0.3, 0.4) is 0 Å². The molecule has 2 aliphatic heterocycles. The van der Waals surface area contributed by atoms with Gasteiger partial charge in [0.1, 0.15) is 52.4 Å². The van der Waals surface area contributed by atoms with E-state index in [0.717, 1.165) is 0 Å². The third kappa shape index (κ3) is 67.9. The largest absolute Gasteiger partial charge is 0.598 e. The summed E-state index contributed by atoms with van der Waals surface area (Å²) in [4.78, 5) is 33.9. The van der Waals surface area contributed by atoms with Crippen LogP contribution in [0.2, 0.25) is 0 Å². The molecule has 2 saturated heterocycles. The van der Waals surface area contributed by atoms with Crippen LogP contribution >= 0.6 is 16.5 Å². The van der Waals surface area contributed by atoms with Crippen molar-refractivity contribution in [2.45, 2.75) is 0 Å². The standard InChI is InChI=1S/2C4H10N2.2HO3P.2H2O2/c2*1-2-6-4-3-5-1;2*1-4(2)3;2*1-2/h2*5-6H,1-4H2;2*(H,1,2,3);2*1-2H/p+2. The molecule has 0 aliphatic carbocycles. The first-order valence-corrected chi connectivity index (χ1v) is 8.95. The van der Waals surface area contributed by atoms with Gasteiger partial charge in [0.25, 0.3) is 16.5 Å². The van der Waals surface area contributed by atoms with Crippen molar-refractivity contribution < 1.29 is 71.0 Å². The molecule has 0 bridgehead atoms. The third-order valence-electron chi connectivity index (χ3n) is 2.30. The van der Waals surface area contributed by atoms with E-state index in [1.54, 1.807) is 0 Å². The van der Waals surface area contributed by atoms with Crippen molar-refractivity contribution in [1.29, 1.82) is 0 Å². The number of nitrogens with two attached hydrogens (primary N) is 4. The van der Waals surface area contributed by atoms with Crippen molar-refractivity contribution in [3.8, 4) is 0 Å². The molecule has 0 aromatic carbocycles. The highest BCUT2D eigenvalue weighted by molar-refractivity contribution is 7.27. The van der Waals surface area contributed by atoms with Crippen molar-refractivity contribution in [1.82, 2.24) is 0 Å². The summed E-state index contributed by atoms with van der Waals surface area (Å²) in [6, 6.07) is 0. The molecule has 0 amide bonds. The third-order valence-corrected chi connectivity index (χ3v) is 2.30. The van der Waals surface area contributed by atoms with E-state index in [-0.39, 0.29) is 0 Å². The first-order valence-electron chi connectivity index (χ1n) is 6.76. The molecule has 0 spiro atoms. The second-order valence-electron chi connectivity index (χ2n) is 3.91. The van der Waals surface area contributed by atoms with Crippen LogP contribution in [0.4, 0.5) is 0 Å². The molecule has 2 fully saturated rings. The first kappa shape index (κ1) is 31.5. The van der Waals surface area contributed by atoms with Crippen molar-refractivity contribution in [3.05, 3.63) is 0 Å². The molecule has 2 heterocycles. The Labute approximate surface area is 140 Å². The molecule has 24 heavy (non-hydrogen) atoms. The molecule has 12 N–H and O–H groups in total. The van der Waals surface area contributed by atoms with Gasteiger partial charge in [-0.25, -0.2) is 0 Å². The van der Waals surface area contributed by atoms with Crippen molar-refractivity contribution in [3.63, 3.8) is 0 Å². The highest BCUT2D eigenvalue weighted by Crippen LogP contribution is 1.80. The maximum atomic E-state index is 8.48. The van der Waals surface area contributed by atoms with Gasteiger partial charge in [0.15, 0.2) is 0 Å². The van der Waals surface area contributed by atoms with Gasteiger partial charge in [0.05, 0.1) is 0 Å². The van der Waals surface area contributed by atoms with Gasteiger partial charge in [-0.2, -0.15) is 0 Å². The number of quaternary nitrogens is 4. The van der Waals surface area contributed by atoms with Gasteiger partial charge in [0.2, 0.25) is 0 Å². The van der Waals surface area contributed by atoms with E-state index >= 15 is 0 Å². The lowest BCUT2D eigenvalue weighted by atomic mass is 10.4. The second-order valence-corrected chi connectivity index (χ2v) is 4.81. The van der Waals surface area contributed by atoms with Crippen molar-refractivity contribution in [2.75, 3.05) is 52.4 Å². The Hall–Kier alpha value is -0.280. The minimum absolute atomic E-state index is 1.32. The van der Waals surface area contributed by atoms with Gasteiger partial charge in [-0.3, -0.25) is 21.0 Å². The van der Waals surface area contributed by atoms with Gasteiger partial charge < -0.3 is 40.8 Å². The minimum Gasteiger partial charge on any atom is -0.598 e. The maximum absolute atomic E-state index is 8.48. The van der Waals surface area contributed by atoms with Gasteiger partial charge in [0, 0.05) is 0 Å². The Morgan fingerprint density at radius 1 is 0.500 bits per heavy atom. The van der Waals surface area contributed by atoms with E-state index < -0.39 is 16.5 Å². The van der Waals surface area contributed by atoms with Gasteiger partial charge in [-0.1, -0.05) is 9.13 Å². The highest BCUT2D eigenvalue weighted by Gasteiger charge is 2.00. The molecular formula is C8H28N4O10P2+2. The van der Waals surface area contributed by atoms with Crippen LogP contribution in [0, 0.1) is 0 Å². The molecular weight excluding hydrogens is 374 g/mol. The summed E-state index contributed by atoms with van der Waals surface area (Å²) >= 11 is 0. The van der Waals surface area contributed by atoms with Crippen LogP contribution in [-0.4, -0.2) is 73.4 Å². The average Bonchev–Trinajstić information content (AvgIpc) is 2.61. The van der Waals surface area contributed by atoms with Crippen LogP contribution in [0.1, 0.15) is 0 Å². The Balaban J connectivity index is -0.000000106. The molecule has 0 unspecified atom stereocenters. The van der Waals surface area contributed by atoms with Crippen LogP contribution in [0.25, 0.3) is 0 Å². The molecule has 2 aliphatic rings. The molecule has 0 radical (unpaired) electrons. The predicted octanol–water partition coefficient (Wildman–Crippen LogP) is -8.98. The van der Waals surface area contributed by atoms with Crippen LogP contribution in [0.15, 0.2) is 0 Å². The zero-order valence-corrected chi connectivity index (χ0v) is 14.9. The Bertz CT molecular complexity index is 192. The summed E-state index contributed by atoms with van der Waals surface area (Å²) in [5, 5.41) is 33.4. The summed E-state index contributed by atoms with van der Waals surface area (Å²) in [5.74, 6) is 0. The molecule has 16 heteroatoms. The Kier molecular flexibility index (Phi) is 44.8. The van der Waals surface area contributed by atoms with Crippen LogP contribution < -0.4 is 40.8 Å². The molecule has 0 aromatic rings. The zero-order chi connectivity index (χ0) is 19.6. The van der Waals surface area contributed by atoms with Gasteiger partial charge in [-0.05, 0) is 0 Å². The molecule has 0 saturated carbocycles. The van der Waals surface area contributed by atoms with Crippen molar-refractivity contribution >= 4 is 16.5 Å². The summed E-state index contributed by atoms with van der Waals surface area (Å²) in [5.41, 5.74) is 0. The first-order chi connectivity index (χ1) is 11.5. The fourth-order valence-corrected chi connectivity index (χ4v) is 1.52. The summed E-state index contributed by atoms with van der Waals surface area (Å²) < 4.78 is 17.0. The number of rotatable bonds is 0. The average molecular weight is 402 g/mol. The molecule has 0 atom stereocenters. The fraction of sp³-hybridized carbons (Fsp3) is 1.00. The Morgan fingerprint density at radius 3 is 0.625 bits per heavy atom. The van der Waals surface area contributed by atoms with E-state index in [1.165, 1.54) is 52.4 Å². The van der Waals surface area contributed by atoms with E-state index in [4.69, 9.17) is 49.7 Å². The van der Waals surface area contributed by atoms with E-state index in [1.807, 2.05) is 0 Å². The summed E-state index contributed by atoms with van der Waals surface area (Å²) in [7, 11) is -6.74. The minimum atomic E-state index is -3.37. The lowest BCUT2D eigenvalue weighted by Gasteiger charge is -2.04. The number of piperazine rings is 2. The molecule has 14 nitrogen and oxygen atoms in total. The quantitative estimate of drug-likeness (QED) is 0.108. The number of hydrogen-bond donors (Lipinski definition) is 8. The normalized spacial score (nSPS) is 14.7. The van der Waals surface area contributed by atoms with Crippen LogP contribution in [0.5, 0.6) is 0 Å². The molecule has 148 valence electrons. The molecule has 2 rings (SSSR count). The Morgan fingerprint density at radius 2 is 0.583 bits per heavy atom. The molecule has 0 aromatic heterocycles. The maximum Gasteiger partial charge on any atom is 0.276 e. The smallest absolute Gasteiger partial charge is 0.276 e. The summed E-state index contributed by atoms with van der Waals surface area (Å²) in [6.45, 7) is 10.6. The fourth-order valence-electron chi connectivity index (χ4n) is 1.52. The zero-order valence-electron chi connectivity index (χ0n) is 13.1. The van der Waals surface area contributed by atoms with E-state index in [2.05, 4.69) is 21.3 Å². The number of hydrogen-bond acceptors (Lipinski definition) is 10. The monoisotopic (exact) mass is 402 g/mol. The van der Waals surface area contributed by atoms with Crippen LogP contribution in [-0.2, 0) is 9.13 Å². The lowest BCUT2D eigenvalue weighted by molar-refractivity contribution is -0.787. The summed E-state index contributed by atoms with van der Waals surface area (Å²) in [6.07, 6.45) is 0. The van der Waals surface area contributed by atoms with Gasteiger partial charge in [-0.15, -0.1) is 0 Å².